The van der Waals surface area contributed by atoms with Gasteiger partial charge in [0.1, 0.15) is 0 Å². The van der Waals surface area contributed by atoms with E-state index in [9.17, 15) is 0 Å². The van der Waals surface area contributed by atoms with Crippen molar-refractivity contribution >= 4 is 5.69 Å². The molecular formula is C17H29N. The number of rotatable bonds is 7. The summed E-state index contributed by atoms with van der Waals surface area (Å²) in [6.45, 7) is 7.02. The number of benzene rings is 1. The third-order valence-corrected chi connectivity index (χ3v) is 3.77. The van der Waals surface area contributed by atoms with Gasteiger partial charge in [0.2, 0.25) is 0 Å². The van der Waals surface area contributed by atoms with Gasteiger partial charge in [-0.15, -0.1) is 0 Å². The van der Waals surface area contributed by atoms with E-state index in [4.69, 9.17) is 0 Å². The lowest BCUT2D eigenvalue weighted by molar-refractivity contribution is 0.446. The van der Waals surface area contributed by atoms with Crippen LogP contribution in [0.3, 0.4) is 0 Å². The summed E-state index contributed by atoms with van der Waals surface area (Å²) in [4.78, 5) is 2.23. The summed E-state index contributed by atoms with van der Waals surface area (Å²) in [6, 6.07) is 8.81. The first kappa shape index (κ1) is 15.1. The van der Waals surface area contributed by atoms with E-state index in [1.807, 2.05) is 0 Å². The van der Waals surface area contributed by atoms with Crippen LogP contribution < -0.4 is 4.90 Å². The molecule has 18 heavy (non-hydrogen) atoms. The van der Waals surface area contributed by atoms with Gasteiger partial charge in [-0.25, -0.2) is 0 Å². The zero-order chi connectivity index (χ0) is 13.6. The third-order valence-electron chi connectivity index (χ3n) is 3.77. The van der Waals surface area contributed by atoms with Crippen molar-refractivity contribution in [3.63, 3.8) is 0 Å². The molecule has 0 aliphatic rings. The van der Waals surface area contributed by atoms with E-state index in [1.54, 1.807) is 0 Å². The van der Waals surface area contributed by atoms with E-state index in [1.165, 1.54) is 43.4 Å². The molecular weight excluding hydrogens is 218 g/mol. The van der Waals surface area contributed by atoms with Gasteiger partial charge in [-0.05, 0) is 23.5 Å². The van der Waals surface area contributed by atoms with Crippen LogP contribution in [0.2, 0.25) is 0 Å². The SMILES string of the molecule is CCCCCCC(C)(C)c1ccccc1N(C)C. The average molecular weight is 247 g/mol. The number of nitrogens with zero attached hydrogens (tertiary/aromatic N) is 1. The fourth-order valence-electron chi connectivity index (χ4n) is 2.56. The maximum Gasteiger partial charge on any atom is 0.0399 e. The van der Waals surface area contributed by atoms with Gasteiger partial charge in [0.15, 0.2) is 0 Å². The summed E-state index contributed by atoms with van der Waals surface area (Å²) in [6.07, 6.45) is 6.66. The molecule has 0 saturated carbocycles. The van der Waals surface area contributed by atoms with Crippen LogP contribution in [-0.4, -0.2) is 14.1 Å². The van der Waals surface area contributed by atoms with Crippen molar-refractivity contribution in [2.24, 2.45) is 0 Å². The smallest absolute Gasteiger partial charge is 0.0399 e. The summed E-state index contributed by atoms with van der Waals surface area (Å²) in [5.41, 5.74) is 3.11. The van der Waals surface area contributed by atoms with Crippen molar-refractivity contribution in [2.45, 2.75) is 58.3 Å². The Morgan fingerprint density at radius 3 is 2.28 bits per heavy atom. The Bertz CT molecular complexity index is 352. The second kappa shape index (κ2) is 6.82. The summed E-state index contributed by atoms with van der Waals surface area (Å²) in [5.74, 6) is 0. The minimum atomic E-state index is 0.272. The van der Waals surface area contributed by atoms with Crippen LogP contribution in [0.5, 0.6) is 0 Å². The molecule has 1 heteroatoms. The molecule has 0 heterocycles. The van der Waals surface area contributed by atoms with E-state index in [0.29, 0.717) is 0 Å². The molecule has 1 aromatic rings. The Morgan fingerprint density at radius 2 is 1.67 bits per heavy atom. The van der Waals surface area contributed by atoms with Crippen LogP contribution in [0, 0.1) is 0 Å². The molecule has 0 aliphatic carbocycles. The monoisotopic (exact) mass is 247 g/mol. The van der Waals surface area contributed by atoms with Crippen molar-refractivity contribution in [3.8, 4) is 0 Å². The first-order valence-electron chi connectivity index (χ1n) is 7.26. The first-order chi connectivity index (χ1) is 8.49. The lowest BCUT2D eigenvalue weighted by Crippen LogP contribution is -2.22. The van der Waals surface area contributed by atoms with Gasteiger partial charge in [0.05, 0.1) is 0 Å². The van der Waals surface area contributed by atoms with E-state index >= 15 is 0 Å². The highest BCUT2D eigenvalue weighted by Crippen LogP contribution is 2.35. The molecule has 0 saturated heterocycles. The van der Waals surface area contributed by atoms with Gasteiger partial charge in [0.25, 0.3) is 0 Å². The standard InChI is InChI=1S/C17H29N/c1-6-7-8-11-14-17(2,3)15-12-9-10-13-16(15)18(4)5/h9-10,12-13H,6-8,11,14H2,1-5H3. The molecule has 0 radical (unpaired) electrons. The lowest BCUT2D eigenvalue weighted by Gasteiger charge is -2.30. The topological polar surface area (TPSA) is 3.24 Å². The second-order valence-corrected chi connectivity index (χ2v) is 6.11. The summed E-state index contributed by atoms with van der Waals surface area (Å²) >= 11 is 0. The Kier molecular flexibility index (Phi) is 5.71. The number of hydrogen-bond acceptors (Lipinski definition) is 1. The fourth-order valence-corrected chi connectivity index (χ4v) is 2.56. The van der Waals surface area contributed by atoms with Crippen molar-refractivity contribution < 1.29 is 0 Å². The van der Waals surface area contributed by atoms with Crippen molar-refractivity contribution in [1.29, 1.82) is 0 Å². The molecule has 0 atom stereocenters. The highest BCUT2D eigenvalue weighted by molar-refractivity contribution is 5.55. The van der Waals surface area contributed by atoms with Crippen LogP contribution in [0.4, 0.5) is 5.69 Å². The zero-order valence-corrected chi connectivity index (χ0v) is 12.8. The molecule has 0 amide bonds. The minimum Gasteiger partial charge on any atom is -0.377 e. The molecule has 0 bridgehead atoms. The number of hydrogen-bond donors (Lipinski definition) is 0. The maximum atomic E-state index is 2.38. The third kappa shape index (κ3) is 4.04. The summed E-state index contributed by atoms with van der Waals surface area (Å²) in [7, 11) is 4.26. The second-order valence-electron chi connectivity index (χ2n) is 6.11. The van der Waals surface area contributed by atoms with Crippen LogP contribution in [0.25, 0.3) is 0 Å². The summed E-state index contributed by atoms with van der Waals surface area (Å²) in [5, 5.41) is 0. The maximum absolute atomic E-state index is 2.38. The number of anilines is 1. The van der Waals surface area contributed by atoms with Crippen molar-refractivity contribution in [1.82, 2.24) is 0 Å². The molecule has 0 N–H and O–H groups in total. The number of unbranched alkanes of at least 4 members (excludes halogenated alkanes) is 3. The molecule has 1 aromatic carbocycles. The molecule has 0 unspecified atom stereocenters. The Morgan fingerprint density at radius 1 is 1.00 bits per heavy atom. The predicted octanol–water partition coefficient (Wildman–Crippen LogP) is 5.00. The highest BCUT2D eigenvalue weighted by Gasteiger charge is 2.23. The van der Waals surface area contributed by atoms with Gasteiger partial charge in [0, 0.05) is 19.8 Å². The van der Waals surface area contributed by atoms with E-state index in [-0.39, 0.29) is 5.41 Å². The quantitative estimate of drug-likeness (QED) is 0.613. The van der Waals surface area contributed by atoms with Gasteiger partial charge < -0.3 is 4.90 Å². The molecule has 1 nitrogen and oxygen atoms in total. The van der Waals surface area contributed by atoms with Crippen molar-refractivity contribution in [3.05, 3.63) is 29.8 Å². The largest absolute Gasteiger partial charge is 0.377 e. The molecule has 0 fully saturated rings. The van der Waals surface area contributed by atoms with Crippen LogP contribution in [-0.2, 0) is 5.41 Å². The zero-order valence-electron chi connectivity index (χ0n) is 12.8. The number of para-hydroxylation sites is 1. The van der Waals surface area contributed by atoms with Crippen LogP contribution in [0.15, 0.2) is 24.3 Å². The fraction of sp³-hybridized carbons (Fsp3) is 0.647. The van der Waals surface area contributed by atoms with Crippen LogP contribution in [0.1, 0.15) is 58.4 Å². The Labute approximate surface area is 113 Å². The predicted molar refractivity (Wildman–Crippen MR) is 82.6 cm³/mol. The van der Waals surface area contributed by atoms with Gasteiger partial charge in [-0.3, -0.25) is 0 Å². The molecule has 0 spiro atoms. The van der Waals surface area contributed by atoms with E-state index in [0.717, 1.165) is 0 Å². The Balaban J connectivity index is 2.77. The van der Waals surface area contributed by atoms with Gasteiger partial charge >= 0.3 is 0 Å². The van der Waals surface area contributed by atoms with Gasteiger partial charge in [-0.2, -0.15) is 0 Å². The molecule has 1 rings (SSSR count). The first-order valence-corrected chi connectivity index (χ1v) is 7.26. The molecule has 0 aliphatic heterocycles. The minimum absolute atomic E-state index is 0.272. The van der Waals surface area contributed by atoms with Gasteiger partial charge in [-0.1, -0.05) is 64.7 Å². The highest BCUT2D eigenvalue weighted by atomic mass is 15.1. The van der Waals surface area contributed by atoms with Crippen LogP contribution >= 0.6 is 0 Å². The molecule has 0 aromatic heterocycles. The van der Waals surface area contributed by atoms with E-state index in [2.05, 4.69) is 64.0 Å². The lowest BCUT2D eigenvalue weighted by atomic mass is 9.79. The normalized spacial score (nSPS) is 11.6. The Hall–Kier alpha value is -0.980. The molecule has 102 valence electrons. The average Bonchev–Trinajstić information content (AvgIpc) is 2.35. The summed E-state index contributed by atoms with van der Waals surface area (Å²) < 4.78 is 0. The van der Waals surface area contributed by atoms with E-state index < -0.39 is 0 Å². The van der Waals surface area contributed by atoms with Crippen molar-refractivity contribution in [2.75, 3.05) is 19.0 Å².